The monoisotopic (exact) mass is 512 g/mol. The van der Waals surface area contributed by atoms with Gasteiger partial charge in [-0.25, -0.2) is 13.8 Å². The number of aromatic amines is 1. The Kier molecular flexibility index (Phi) is 6.64. The Balaban J connectivity index is 1.28. The van der Waals surface area contributed by atoms with Crippen molar-refractivity contribution in [3.8, 4) is 11.8 Å². The lowest BCUT2D eigenvalue weighted by molar-refractivity contribution is 0.00706. The van der Waals surface area contributed by atoms with Crippen LogP contribution in [0.5, 0.6) is 11.8 Å². The van der Waals surface area contributed by atoms with E-state index in [4.69, 9.17) is 30.5 Å². The number of aliphatic hydroxyl groups excluding tert-OH is 2. The first-order valence-electron chi connectivity index (χ1n) is 11.0. The zero-order valence-electron chi connectivity index (χ0n) is 18.5. The summed E-state index contributed by atoms with van der Waals surface area (Å²) in [7, 11) is 0. The van der Waals surface area contributed by atoms with Gasteiger partial charge < -0.3 is 39.5 Å². The molecule has 5 atom stereocenters. The molecular formula is C22H23ClF2N4O6. The standard InChI is InChI=1S/C22H23ClF2N4O6/c1-9(30)6-32-10-2-13(24)11(14(25)3-10)5-26-20-12(23)4-15-21(28-20)29-22(27-15)35-17-8-34-18-16(31)7-33-19(17)18/h2-4,9,16-19,30-31H,5-8H2,1H3,(H2,26,27,28,29)/t9?,16-,17-,18-,19-/m1/s1. The van der Waals surface area contributed by atoms with Gasteiger partial charge in [0.2, 0.25) is 0 Å². The van der Waals surface area contributed by atoms with Crippen molar-refractivity contribution >= 4 is 28.6 Å². The number of rotatable bonds is 8. The largest absolute Gasteiger partial charge is 0.491 e. The number of nitrogens with zero attached hydrogens (tertiary/aromatic N) is 2. The summed E-state index contributed by atoms with van der Waals surface area (Å²) >= 11 is 6.30. The molecule has 3 aromatic rings. The molecule has 0 aliphatic carbocycles. The Morgan fingerprint density at radius 3 is 2.69 bits per heavy atom. The number of fused-ring (bicyclic) bond motifs is 2. The third-order valence-electron chi connectivity index (χ3n) is 5.69. The molecular weight excluding hydrogens is 490 g/mol. The molecule has 188 valence electrons. The topological polar surface area (TPSA) is 131 Å². The van der Waals surface area contributed by atoms with Gasteiger partial charge in [0.15, 0.2) is 11.8 Å². The predicted octanol–water partition coefficient (Wildman–Crippen LogP) is 2.17. The molecule has 1 unspecified atom stereocenters. The van der Waals surface area contributed by atoms with Crippen molar-refractivity contribution in [2.24, 2.45) is 0 Å². The van der Waals surface area contributed by atoms with Crippen molar-refractivity contribution in [2.75, 3.05) is 25.1 Å². The highest BCUT2D eigenvalue weighted by atomic mass is 35.5. The zero-order valence-corrected chi connectivity index (χ0v) is 19.3. The molecule has 2 saturated heterocycles. The predicted molar refractivity (Wildman–Crippen MR) is 120 cm³/mol. The number of benzene rings is 1. The summed E-state index contributed by atoms with van der Waals surface area (Å²) < 4.78 is 51.0. The maximum Gasteiger partial charge on any atom is 0.296 e. The highest BCUT2D eigenvalue weighted by molar-refractivity contribution is 6.33. The minimum atomic E-state index is -0.818. The third kappa shape index (κ3) is 4.98. The summed E-state index contributed by atoms with van der Waals surface area (Å²) in [6, 6.07) is 3.82. The number of nitrogens with one attached hydrogen (secondary N) is 2. The molecule has 0 spiro atoms. The van der Waals surface area contributed by atoms with Crippen molar-refractivity contribution in [1.82, 2.24) is 15.0 Å². The maximum atomic E-state index is 14.5. The van der Waals surface area contributed by atoms with Crippen molar-refractivity contribution in [2.45, 2.75) is 44.0 Å². The highest BCUT2D eigenvalue weighted by Crippen LogP contribution is 2.31. The van der Waals surface area contributed by atoms with Crippen molar-refractivity contribution in [3.63, 3.8) is 0 Å². The quantitative estimate of drug-likeness (QED) is 0.358. The summed E-state index contributed by atoms with van der Waals surface area (Å²) in [5.74, 6) is -1.48. The highest BCUT2D eigenvalue weighted by Gasteiger charge is 2.48. The molecule has 5 rings (SSSR count). The van der Waals surface area contributed by atoms with E-state index in [2.05, 4.69) is 20.3 Å². The SMILES string of the molecule is CC(O)COc1cc(F)c(CNc2nc3nc(O[C@@H]4CO[C@H]5[C@@H]4OC[C@H]5O)[nH]c3cc2Cl)c(F)c1. The molecule has 1 aromatic carbocycles. The number of halogens is 3. The first-order valence-corrected chi connectivity index (χ1v) is 11.3. The number of aromatic nitrogens is 3. The Morgan fingerprint density at radius 2 is 1.94 bits per heavy atom. The number of imidazole rings is 1. The summed E-state index contributed by atoms with van der Waals surface area (Å²) in [5, 5.41) is 22.1. The van der Waals surface area contributed by atoms with E-state index in [0.29, 0.717) is 5.52 Å². The second-order valence-corrected chi connectivity index (χ2v) is 8.84. The molecule has 4 heterocycles. The molecule has 2 aliphatic rings. The first-order chi connectivity index (χ1) is 16.8. The summed E-state index contributed by atoms with van der Waals surface area (Å²) in [5.41, 5.74) is 0.542. The second kappa shape index (κ2) is 9.70. The van der Waals surface area contributed by atoms with Crippen LogP contribution in [0.3, 0.4) is 0 Å². The fourth-order valence-corrected chi connectivity index (χ4v) is 4.20. The Labute approximate surface area is 203 Å². The molecule has 0 radical (unpaired) electrons. The summed E-state index contributed by atoms with van der Waals surface area (Å²) in [4.78, 5) is 11.6. The van der Waals surface area contributed by atoms with Gasteiger partial charge in [-0.3, -0.25) is 0 Å². The van der Waals surface area contributed by atoms with Gasteiger partial charge >= 0.3 is 0 Å². The molecule has 4 N–H and O–H groups in total. The Morgan fingerprint density at radius 1 is 1.20 bits per heavy atom. The lowest BCUT2D eigenvalue weighted by Gasteiger charge is -2.15. The van der Waals surface area contributed by atoms with Gasteiger partial charge in [-0.15, -0.1) is 0 Å². The van der Waals surface area contributed by atoms with Crippen molar-refractivity contribution in [3.05, 3.63) is 40.4 Å². The van der Waals surface area contributed by atoms with Gasteiger partial charge in [0.25, 0.3) is 6.01 Å². The minimum absolute atomic E-state index is 0.0252. The van der Waals surface area contributed by atoms with Crippen molar-refractivity contribution < 1.29 is 37.9 Å². The number of H-pyrrole nitrogens is 1. The first kappa shape index (κ1) is 23.9. The molecule has 0 bridgehead atoms. The zero-order chi connectivity index (χ0) is 24.7. The molecule has 2 fully saturated rings. The van der Waals surface area contributed by atoms with Crippen LogP contribution in [0.2, 0.25) is 5.02 Å². The van der Waals surface area contributed by atoms with Crippen LogP contribution in [0.1, 0.15) is 12.5 Å². The van der Waals surface area contributed by atoms with Crippen LogP contribution in [0.4, 0.5) is 14.6 Å². The van der Waals surface area contributed by atoms with E-state index >= 15 is 0 Å². The van der Waals surface area contributed by atoms with Gasteiger partial charge in [0.05, 0.1) is 29.9 Å². The third-order valence-corrected chi connectivity index (χ3v) is 5.98. The number of hydrogen-bond acceptors (Lipinski definition) is 9. The smallest absolute Gasteiger partial charge is 0.296 e. The van der Waals surface area contributed by atoms with Crippen LogP contribution in [0.25, 0.3) is 11.2 Å². The van der Waals surface area contributed by atoms with E-state index in [1.807, 2.05) is 0 Å². The van der Waals surface area contributed by atoms with E-state index in [-0.39, 0.29) is 60.2 Å². The fourth-order valence-electron chi connectivity index (χ4n) is 3.98. The van der Waals surface area contributed by atoms with E-state index < -0.39 is 42.2 Å². The van der Waals surface area contributed by atoms with Gasteiger partial charge in [-0.05, 0) is 13.0 Å². The lowest BCUT2D eigenvalue weighted by atomic mass is 10.1. The van der Waals surface area contributed by atoms with E-state index in [1.54, 1.807) is 6.07 Å². The van der Waals surface area contributed by atoms with E-state index in [0.717, 1.165) is 12.1 Å². The van der Waals surface area contributed by atoms with Crippen LogP contribution in [0.15, 0.2) is 18.2 Å². The number of ether oxygens (including phenoxy) is 4. The minimum Gasteiger partial charge on any atom is -0.491 e. The van der Waals surface area contributed by atoms with Crippen LogP contribution >= 0.6 is 11.6 Å². The molecule has 0 amide bonds. The van der Waals surface area contributed by atoms with Crippen molar-refractivity contribution in [1.29, 1.82) is 0 Å². The molecule has 35 heavy (non-hydrogen) atoms. The van der Waals surface area contributed by atoms with E-state index in [9.17, 15) is 19.0 Å². The number of hydrogen-bond donors (Lipinski definition) is 4. The van der Waals surface area contributed by atoms with Crippen LogP contribution in [-0.4, -0.2) is 75.5 Å². The average molecular weight is 513 g/mol. The number of anilines is 1. The Hall–Kier alpha value is -2.77. The molecule has 0 saturated carbocycles. The number of pyridine rings is 1. The molecule has 13 heteroatoms. The fraction of sp³-hybridized carbons (Fsp3) is 0.455. The lowest BCUT2D eigenvalue weighted by Crippen LogP contribution is -2.34. The van der Waals surface area contributed by atoms with Gasteiger partial charge in [-0.2, -0.15) is 4.98 Å². The Bertz CT molecular complexity index is 1210. The summed E-state index contributed by atoms with van der Waals surface area (Å²) in [6.07, 6.45) is -2.76. The van der Waals surface area contributed by atoms with Crippen LogP contribution in [-0.2, 0) is 16.0 Å². The second-order valence-electron chi connectivity index (χ2n) is 8.43. The molecule has 2 aromatic heterocycles. The van der Waals surface area contributed by atoms with Crippen LogP contribution in [0, 0.1) is 11.6 Å². The maximum absolute atomic E-state index is 14.5. The molecule has 10 nitrogen and oxygen atoms in total. The molecule has 2 aliphatic heterocycles. The van der Waals surface area contributed by atoms with E-state index in [1.165, 1.54) is 6.92 Å². The van der Waals surface area contributed by atoms with Crippen LogP contribution < -0.4 is 14.8 Å². The van der Waals surface area contributed by atoms with Gasteiger partial charge in [0, 0.05) is 24.2 Å². The normalized spacial score (nSPS) is 24.5. The number of aliphatic hydroxyl groups is 2. The average Bonchev–Trinajstić information content (AvgIpc) is 3.48. The summed E-state index contributed by atoms with van der Waals surface area (Å²) in [6.45, 7) is 1.60. The van der Waals surface area contributed by atoms with Gasteiger partial charge in [0.1, 0.15) is 48.1 Å². The van der Waals surface area contributed by atoms with Gasteiger partial charge in [-0.1, -0.05) is 11.6 Å².